The highest BCUT2D eigenvalue weighted by Gasteiger charge is 2.18. The fraction of sp³-hybridized carbons (Fsp3) is 0.133. The zero-order valence-corrected chi connectivity index (χ0v) is 11.3. The van der Waals surface area contributed by atoms with E-state index in [4.69, 9.17) is 4.42 Å². The molecular weight excluding hydrogens is 270 g/mol. The lowest BCUT2D eigenvalue weighted by Gasteiger charge is -2.09. The van der Waals surface area contributed by atoms with Crippen LogP contribution in [-0.4, -0.2) is 21.5 Å². The Labute approximate surface area is 119 Å². The molecule has 0 fully saturated rings. The third kappa shape index (κ3) is 2.43. The Hall–Kier alpha value is -2.89. The molecule has 0 saturated carbocycles. The molecule has 6 heteroatoms. The van der Waals surface area contributed by atoms with E-state index in [0.717, 1.165) is 17.7 Å². The van der Waals surface area contributed by atoms with E-state index in [9.17, 15) is 9.59 Å². The lowest BCUT2D eigenvalue weighted by molar-refractivity contribution is 0.112. The van der Waals surface area contributed by atoms with Gasteiger partial charge in [0.15, 0.2) is 6.29 Å². The van der Waals surface area contributed by atoms with Gasteiger partial charge in [-0.2, -0.15) is 5.10 Å². The van der Waals surface area contributed by atoms with Gasteiger partial charge >= 0.3 is 0 Å². The Morgan fingerprint density at radius 1 is 1.33 bits per heavy atom. The number of rotatable bonds is 4. The zero-order chi connectivity index (χ0) is 14.8. The van der Waals surface area contributed by atoms with Crippen molar-refractivity contribution in [3.8, 4) is 11.5 Å². The van der Waals surface area contributed by atoms with Gasteiger partial charge in [0.25, 0.3) is 5.56 Å². The van der Waals surface area contributed by atoms with Gasteiger partial charge in [-0.3, -0.25) is 9.59 Å². The van der Waals surface area contributed by atoms with Crippen molar-refractivity contribution in [2.24, 2.45) is 0 Å². The summed E-state index contributed by atoms with van der Waals surface area (Å²) in [5.74, 6) is 0.497. The predicted octanol–water partition coefficient (Wildman–Crippen LogP) is 2.32. The first-order chi connectivity index (χ1) is 10.2. The lowest BCUT2D eigenvalue weighted by atomic mass is 10.0. The van der Waals surface area contributed by atoms with Crippen LogP contribution in [0, 0.1) is 0 Å². The maximum absolute atomic E-state index is 11.3. The fourth-order valence-electron chi connectivity index (χ4n) is 2.25. The highest BCUT2D eigenvalue weighted by atomic mass is 16.3. The summed E-state index contributed by atoms with van der Waals surface area (Å²) in [6.07, 6.45) is 2.36. The van der Waals surface area contributed by atoms with Crippen LogP contribution < -0.4 is 5.56 Å². The van der Waals surface area contributed by atoms with Crippen LogP contribution >= 0.6 is 0 Å². The Morgan fingerprint density at radius 3 is 2.81 bits per heavy atom. The molecule has 3 rings (SSSR count). The van der Waals surface area contributed by atoms with E-state index in [1.807, 2.05) is 13.0 Å². The first kappa shape index (κ1) is 13.1. The molecule has 0 radical (unpaired) electrons. The molecule has 0 spiro atoms. The van der Waals surface area contributed by atoms with Gasteiger partial charge in [-0.25, -0.2) is 5.10 Å². The van der Waals surface area contributed by atoms with E-state index in [-0.39, 0.29) is 11.5 Å². The summed E-state index contributed by atoms with van der Waals surface area (Å²) in [6.45, 7) is 1.91. The van der Waals surface area contributed by atoms with Crippen LogP contribution in [0.4, 0.5) is 0 Å². The molecule has 3 aromatic heterocycles. The molecule has 0 bridgehead atoms. The van der Waals surface area contributed by atoms with Gasteiger partial charge < -0.3 is 9.40 Å². The summed E-state index contributed by atoms with van der Waals surface area (Å²) in [7, 11) is 0. The Morgan fingerprint density at radius 2 is 2.19 bits per heavy atom. The van der Waals surface area contributed by atoms with Crippen LogP contribution in [0.15, 0.2) is 45.8 Å². The summed E-state index contributed by atoms with van der Waals surface area (Å²) in [5.41, 5.74) is 2.42. The molecule has 0 amide bonds. The molecule has 106 valence electrons. The summed E-state index contributed by atoms with van der Waals surface area (Å²) in [5, 5.41) is 6.40. The Balaban J connectivity index is 2.03. The molecule has 3 heterocycles. The quantitative estimate of drug-likeness (QED) is 0.719. The third-order valence-electron chi connectivity index (χ3n) is 3.37. The number of aromatic amines is 2. The topological polar surface area (TPSA) is 91.8 Å². The van der Waals surface area contributed by atoms with Crippen molar-refractivity contribution >= 4 is 6.29 Å². The molecule has 0 aliphatic rings. The molecule has 0 saturated heterocycles. The average Bonchev–Trinajstić information content (AvgIpc) is 3.16. The van der Waals surface area contributed by atoms with Gasteiger partial charge in [0.05, 0.1) is 17.7 Å². The van der Waals surface area contributed by atoms with Gasteiger partial charge in [0.2, 0.25) is 0 Å². The molecule has 2 N–H and O–H groups in total. The number of hydrogen-bond acceptors (Lipinski definition) is 4. The van der Waals surface area contributed by atoms with Crippen molar-refractivity contribution in [3.63, 3.8) is 0 Å². The number of nitrogens with one attached hydrogen (secondary N) is 2. The normalized spacial score (nSPS) is 12.2. The maximum atomic E-state index is 11.3. The predicted molar refractivity (Wildman–Crippen MR) is 76.3 cm³/mol. The fourth-order valence-corrected chi connectivity index (χ4v) is 2.25. The smallest absolute Gasteiger partial charge is 0.264 e. The van der Waals surface area contributed by atoms with E-state index in [0.29, 0.717) is 17.0 Å². The van der Waals surface area contributed by atoms with Crippen LogP contribution in [-0.2, 0) is 0 Å². The van der Waals surface area contributed by atoms with E-state index in [1.54, 1.807) is 24.5 Å². The standard InChI is InChI=1S/C15H13N3O3/c1-9(11-4-5-14(20)18-17-11)15-10(8-19)7-12(16-15)13-3-2-6-21-13/h2-9,16H,1H3,(H,18,20). The lowest BCUT2D eigenvalue weighted by Crippen LogP contribution is -2.10. The minimum atomic E-state index is -0.260. The molecule has 3 aromatic rings. The number of aromatic nitrogens is 3. The minimum absolute atomic E-state index is 0.161. The Bertz CT molecular complexity index is 795. The van der Waals surface area contributed by atoms with E-state index < -0.39 is 0 Å². The first-order valence-corrected chi connectivity index (χ1v) is 6.46. The molecule has 0 aliphatic heterocycles. The Kier molecular flexibility index (Phi) is 3.27. The van der Waals surface area contributed by atoms with Crippen molar-refractivity contribution in [2.75, 3.05) is 0 Å². The van der Waals surface area contributed by atoms with Gasteiger partial charge in [-0.1, -0.05) is 6.92 Å². The van der Waals surface area contributed by atoms with Crippen LogP contribution in [0.2, 0.25) is 0 Å². The number of carbonyl (C=O) groups excluding carboxylic acids is 1. The van der Waals surface area contributed by atoms with Crippen molar-refractivity contribution < 1.29 is 9.21 Å². The van der Waals surface area contributed by atoms with Crippen LogP contribution in [0.1, 0.15) is 34.6 Å². The third-order valence-corrected chi connectivity index (χ3v) is 3.37. The zero-order valence-electron chi connectivity index (χ0n) is 11.3. The number of nitrogens with zero attached hydrogens (tertiary/aromatic N) is 1. The van der Waals surface area contributed by atoms with Gasteiger partial charge in [0.1, 0.15) is 5.76 Å². The van der Waals surface area contributed by atoms with Crippen molar-refractivity contribution in [2.45, 2.75) is 12.8 Å². The first-order valence-electron chi connectivity index (χ1n) is 6.46. The molecule has 6 nitrogen and oxygen atoms in total. The van der Waals surface area contributed by atoms with Crippen molar-refractivity contribution in [1.82, 2.24) is 15.2 Å². The highest BCUT2D eigenvalue weighted by molar-refractivity contribution is 5.80. The molecule has 1 unspecified atom stereocenters. The average molecular weight is 283 g/mol. The summed E-state index contributed by atoms with van der Waals surface area (Å²) >= 11 is 0. The number of furan rings is 1. The number of carbonyl (C=O) groups is 1. The molecular formula is C15H13N3O3. The summed E-state index contributed by atoms with van der Waals surface area (Å²) < 4.78 is 5.32. The largest absolute Gasteiger partial charge is 0.463 e. The molecule has 0 aliphatic carbocycles. The number of hydrogen-bond donors (Lipinski definition) is 2. The van der Waals surface area contributed by atoms with Crippen molar-refractivity contribution in [1.29, 1.82) is 0 Å². The van der Waals surface area contributed by atoms with Crippen molar-refractivity contribution in [3.05, 3.63) is 63.9 Å². The monoisotopic (exact) mass is 283 g/mol. The minimum Gasteiger partial charge on any atom is -0.463 e. The second-order valence-electron chi connectivity index (χ2n) is 4.71. The van der Waals surface area contributed by atoms with Gasteiger partial charge in [-0.15, -0.1) is 0 Å². The van der Waals surface area contributed by atoms with Crippen LogP contribution in [0.25, 0.3) is 11.5 Å². The summed E-state index contributed by atoms with van der Waals surface area (Å²) in [4.78, 5) is 25.5. The molecule has 21 heavy (non-hydrogen) atoms. The van der Waals surface area contributed by atoms with Crippen LogP contribution in [0.5, 0.6) is 0 Å². The van der Waals surface area contributed by atoms with E-state index in [2.05, 4.69) is 15.2 Å². The maximum Gasteiger partial charge on any atom is 0.264 e. The SMILES string of the molecule is CC(c1ccc(=O)[nH]n1)c1[nH]c(-c2ccco2)cc1C=O. The molecule has 1 atom stereocenters. The molecule has 0 aromatic carbocycles. The second kappa shape index (κ2) is 5.24. The van der Waals surface area contributed by atoms with E-state index >= 15 is 0 Å². The number of H-pyrrole nitrogens is 2. The van der Waals surface area contributed by atoms with E-state index in [1.165, 1.54) is 6.07 Å². The second-order valence-corrected chi connectivity index (χ2v) is 4.71. The van der Waals surface area contributed by atoms with Gasteiger partial charge in [-0.05, 0) is 24.3 Å². The van der Waals surface area contributed by atoms with Crippen LogP contribution in [0.3, 0.4) is 0 Å². The number of aldehydes is 1. The highest BCUT2D eigenvalue weighted by Crippen LogP contribution is 2.28. The summed E-state index contributed by atoms with van der Waals surface area (Å²) in [6, 6.07) is 8.39. The van der Waals surface area contributed by atoms with Gasteiger partial charge in [0, 0.05) is 23.2 Å².